The standard InChI is InChI=1S/C16H12ClN3O.C8H9BNO3.C8H4Cl2N2/c1-10(21)19-13-5-2-11(3-6-13)16-9-18-15-8-12(17)4-7-14(15)20-16;1-6(11)10-7-2-4-8(5-3-7)13-9-12;9-5-1-2-6-7(3-5)11-4-8(10)12-6/h2-9H,1H3,(H,19,21);2-5,12H,1H3,(H,10,11);1-4H. The van der Waals surface area contributed by atoms with E-state index >= 15 is 0 Å². The van der Waals surface area contributed by atoms with Crippen molar-refractivity contribution in [3.05, 3.63) is 113 Å². The van der Waals surface area contributed by atoms with Crippen LogP contribution in [0.15, 0.2) is 97.3 Å². The first-order valence-corrected chi connectivity index (χ1v) is 14.6. The van der Waals surface area contributed by atoms with Crippen LogP contribution in [0.5, 0.6) is 5.75 Å². The van der Waals surface area contributed by atoms with Crippen LogP contribution in [0, 0.1) is 0 Å². The van der Waals surface area contributed by atoms with E-state index in [0.717, 1.165) is 39.0 Å². The molecule has 0 aliphatic heterocycles. The zero-order valence-electron chi connectivity index (χ0n) is 24.4. The molecule has 2 heterocycles. The van der Waals surface area contributed by atoms with Gasteiger partial charge in [0, 0.05) is 40.8 Å². The summed E-state index contributed by atoms with van der Waals surface area (Å²) in [5, 5.41) is 15.3. The van der Waals surface area contributed by atoms with Crippen LogP contribution >= 0.6 is 34.8 Å². The number of benzene rings is 4. The van der Waals surface area contributed by atoms with E-state index < -0.39 is 0 Å². The molecule has 0 bridgehead atoms. The minimum atomic E-state index is -0.123. The molecular formula is C32H25BCl3N6O4. The Bertz CT molecular complexity index is 1920. The molecule has 0 fully saturated rings. The van der Waals surface area contributed by atoms with Crippen LogP contribution in [0.2, 0.25) is 15.2 Å². The van der Waals surface area contributed by atoms with E-state index in [9.17, 15) is 9.59 Å². The van der Waals surface area contributed by atoms with Crippen molar-refractivity contribution in [2.24, 2.45) is 0 Å². The Morgan fingerprint density at radius 3 is 1.70 bits per heavy atom. The lowest BCUT2D eigenvalue weighted by molar-refractivity contribution is -0.115. The minimum absolute atomic E-state index is 0.0925. The lowest BCUT2D eigenvalue weighted by Gasteiger charge is -2.05. The zero-order valence-corrected chi connectivity index (χ0v) is 26.7. The molecular weight excluding hydrogens is 650 g/mol. The number of aromatic nitrogens is 4. The lowest BCUT2D eigenvalue weighted by atomic mass is 10.1. The molecule has 0 saturated carbocycles. The average molecular weight is 675 g/mol. The fourth-order valence-electron chi connectivity index (χ4n) is 3.89. The van der Waals surface area contributed by atoms with Crippen molar-refractivity contribution in [3.8, 4) is 17.0 Å². The second kappa shape index (κ2) is 16.5. The number of rotatable bonds is 5. The third-order valence-electron chi connectivity index (χ3n) is 5.84. The molecule has 6 rings (SSSR count). The highest BCUT2D eigenvalue weighted by Crippen LogP contribution is 2.23. The van der Waals surface area contributed by atoms with E-state index in [1.807, 2.05) is 30.3 Å². The summed E-state index contributed by atoms with van der Waals surface area (Å²) in [6, 6.07) is 24.8. The number of anilines is 2. The number of carbonyl (C=O) groups is 2. The van der Waals surface area contributed by atoms with Gasteiger partial charge in [0.1, 0.15) is 10.9 Å². The molecule has 3 N–H and O–H groups in total. The predicted octanol–water partition coefficient (Wildman–Crippen LogP) is 7.40. The van der Waals surface area contributed by atoms with E-state index in [4.69, 9.17) is 39.8 Å². The van der Waals surface area contributed by atoms with Crippen molar-refractivity contribution >= 4 is 87.7 Å². The number of carbonyl (C=O) groups excluding carboxylic acids is 2. The Labute approximate surface area is 280 Å². The van der Waals surface area contributed by atoms with Gasteiger partial charge in [0.15, 0.2) is 0 Å². The Balaban J connectivity index is 0.000000166. The van der Waals surface area contributed by atoms with E-state index in [0.29, 0.717) is 34.3 Å². The van der Waals surface area contributed by atoms with Gasteiger partial charge in [0.2, 0.25) is 11.8 Å². The summed E-state index contributed by atoms with van der Waals surface area (Å²) in [6.45, 7) is 2.92. The van der Waals surface area contributed by atoms with Crippen molar-refractivity contribution in [2.75, 3.05) is 10.6 Å². The number of nitrogens with one attached hydrogen (secondary N) is 2. The van der Waals surface area contributed by atoms with Crippen LogP contribution < -0.4 is 15.3 Å². The average Bonchev–Trinajstić information content (AvgIpc) is 3.02. The molecule has 0 spiro atoms. The minimum Gasteiger partial charge on any atom is -0.537 e. The molecule has 6 aromatic rings. The number of hydrogen-bond acceptors (Lipinski definition) is 8. The summed E-state index contributed by atoms with van der Waals surface area (Å²) < 4.78 is 4.68. The number of amides is 2. The SMILES string of the molecule is CC(=O)Nc1ccc(-c2cnc3cc(Cl)ccc3n2)cc1.CC(=O)Nc1ccc(O[B]O)cc1.Clc1ccc2nc(Cl)cnc2c1. The topological polar surface area (TPSA) is 139 Å². The summed E-state index contributed by atoms with van der Waals surface area (Å²) in [4.78, 5) is 38.7. The molecule has 10 nitrogen and oxygen atoms in total. The quantitative estimate of drug-likeness (QED) is 0.161. The molecule has 0 aliphatic carbocycles. The third-order valence-corrected chi connectivity index (χ3v) is 6.50. The van der Waals surface area contributed by atoms with Gasteiger partial charge >= 0.3 is 7.69 Å². The fraction of sp³-hybridized carbons (Fsp3) is 0.0625. The summed E-state index contributed by atoms with van der Waals surface area (Å²) in [7, 11) is 0.605. The van der Waals surface area contributed by atoms with Crippen molar-refractivity contribution in [2.45, 2.75) is 13.8 Å². The second-order valence-corrected chi connectivity index (χ2v) is 10.7. The highest BCUT2D eigenvalue weighted by atomic mass is 35.5. The summed E-state index contributed by atoms with van der Waals surface area (Å²) in [5.41, 5.74) is 6.24. The number of nitrogens with zero attached hydrogens (tertiary/aromatic N) is 4. The van der Waals surface area contributed by atoms with Gasteiger partial charge in [0.05, 0.1) is 40.2 Å². The molecule has 4 aromatic carbocycles. The van der Waals surface area contributed by atoms with Gasteiger partial charge < -0.3 is 20.3 Å². The molecule has 1 radical (unpaired) electrons. The van der Waals surface area contributed by atoms with Crippen LogP contribution in [0.1, 0.15) is 13.8 Å². The molecule has 0 unspecified atom stereocenters. The van der Waals surface area contributed by atoms with Gasteiger partial charge in [-0.15, -0.1) is 0 Å². The van der Waals surface area contributed by atoms with E-state index in [-0.39, 0.29) is 11.8 Å². The molecule has 2 amide bonds. The van der Waals surface area contributed by atoms with Crippen molar-refractivity contribution in [1.29, 1.82) is 0 Å². The van der Waals surface area contributed by atoms with Gasteiger partial charge in [-0.05, 0) is 72.8 Å². The van der Waals surface area contributed by atoms with E-state index in [1.54, 1.807) is 60.8 Å². The summed E-state index contributed by atoms with van der Waals surface area (Å²) >= 11 is 17.3. The first kappa shape index (κ1) is 34.1. The zero-order chi connectivity index (χ0) is 33.1. The van der Waals surface area contributed by atoms with Gasteiger partial charge in [-0.3, -0.25) is 19.6 Å². The van der Waals surface area contributed by atoms with Gasteiger partial charge in [-0.2, -0.15) is 0 Å². The van der Waals surface area contributed by atoms with Crippen LogP contribution in [-0.2, 0) is 9.59 Å². The number of halogens is 3. The predicted molar refractivity (Wildman–Crippen MR) is 183 cm³/mol. The highest BCUT2D eigenvalue weighted by Gasteiger charge is 2.04. The summed E-state index contributed by atoms with van der Waals surface area (Å²) in [6.07, 6.45) is 3.21. The molecule has 231 valence electrons. The van der Waals surface area contributed by atoms with E-state index in [1.165, 1.54) is 20.0 Å². The monoisotopic (exact) mass is 673 g/mol. The Hall–Kier alpha value is -4.81. The smallest absolute Gasteiger partial charge is 0.537 e. The van der Waals surface area contributed by atoms with Crippen LogP contribution in [0.4, 0.5) is 11.4 Å². The van der Waals surface area contributed by atoms with Gasteiger partial charge in [-0.25, -0.2) is 9.97 Å². The molecule has 46 heavy (non-hydrogen) atoms. The molecule has 0 atom stereocenters. The first-order valence-electron chi connectivity index (χ1n) is 13.5. The van der Waals surface area contributed by atoms with Crippen LogP contribution in [0.25, 0.3) is 33.3 Å². The Kier molecular flexibility index (Phi) is 12.2. The van der Waals surface area contributed by atoms with Gasteiger partial charge in [-0.1, -0.05) is 46.9 Å². The van der Waals surface area contributed by atoms with Crippen molar-refractivity contribution < 1.29 is 19.3 Å². The molecule has 0 saturated heterocycles. The Morgan fingerprint density at radius 2 is 1.17 bits per heavy atom. The van der Waals surface area contributed by atoms with Crippen molar-refractivity contribution in [3.63, 3.8) is 0 Å². The maximum absolute atomic E-state index is 11.0. The normalized spacial score (nSPS) is 10.1. The lowest BCUT2D eigenvalue weighted by Crippen LogP contribution is -2.05. The third kappa shape index (κ3) is 10.4. The van der Waals surface area contributed by atoms with Gasteiger partial charge in [0.25, 0.3) is 0 Å². The largest absolute Gasteiger partial charge is 0.569 e. The number of hydrogen-bond donors (Lipinski definition) is 3. The highest BCUT2D eigenvalue weighted by molar-refractivity contribution is 6.31. The molecule has 2 aromatic heterocycles. The second-order valence-electron chi connectivity index (χ2n) is 9.40. The molecule has 14 heteroatoms. The summed E-state index contributed by atoms with van der Waals surface area (Å²) in [5.74, 6) is 0.295. The maximum Gasteiger partial charge on any atom is 0.569 e. The maximum atomic E-state index is 11.0. The molecule has 0 aliphatic rings. The first-order chi connectivity index (χ1) is 22.1. The Morgan fingerprint density at radius 1 is 0.674 bits per heavy atom. The van der Waals surface area contributed by atoms with Crippen LogP contribution in [0.3, 0.4) is 0 Å². The van der Waals surface area contributed by atoms with Crippen LogP contribution in [-0.4, -0.2) is 44.5 Å². The van der Waals surface area contributed by atoms with E-state index in [2.05, 4.69) is 35.2 Å². The number of fused-ring (bicyclic) bond motifs is 2. The fourth-order valence-corrected chi connectivity index (χ4v) is 4.37. The van der Waals surface area contributed by atoms with Crippen molar-refractivity contribution in [1.82, 2.24) is 19.9 Å².